The van der Waals surface area contributed by atoms with Crippen molar-refractivity contribution in [1.29, 1.82) is 0 Å². The van der Waals surface area contributed by atoms with Gasteiger partial charge in [0, 0.05) is 0 Å². The Bertz CT molecular complexity index is 405. The summed E-state index contributed by atoms with van der Waals surface area (Å²) < 4.78 is 5.36. The second kappa shape index (κ2) is 3.68. The lowest BCUT2D eigenvalue weighted by Gasteiger charge is -2.09. The van der Waals surface area contributed by atoms with Crippen LogP contribution in [0.2, 0.25) is 0 Å². The van der Waals surface area contributed by atoms with E-state index in [1.165, 1.54) is 0 Å². The summed E-state index contributed by atoms with van der Waals surface area (Å²) in [4.78, 5) is 0. The van der Waals surface area contributed by atoms with Crippen LogP contribution < -0.4 is 5.73 Å². The van der Waals surface area contributed by atoms with Crippen molar-refractivity contribution in [2.75, 3.05) is 0 Å². The average Bonchev–Trinajstić information content (AvgIpc) is 2.65. The van der Waals surface area contributed by atoms with Crippen molar-refractivity contribution in [3.05, 3.63) is 59.5 Å². The number of nitrogens with two attached hydrogens (primary N) is 1. The van der Waals surface area contributed by atoms with Gasteiger partial charge in [0.1, 0.15) is 5.76 Å². The lowest BCUT2D eigenvalue weighted by atomic mass is 10.0. The first kappa shape index (κ1) is 9.03. The third kappa shape index (κ3) is 1.56. The summed E-state index contributed by atoms with van der Waals surface area (Å²) >= 11 is 0. The number of rotatable bonds is 2. The fraction of sp³-hybridized carbons (Fsp3) is 0.167. The highest BCUT2D eigenvalue weighted by atomic mass is 16.3. The molecule has 2 nitrogen and oxygen atoms in total. The zero-order chi connectivity index (χ0) is 9.97. The van der Waals surface area contributed by atoms with Gasteiger partial charge in [-0.1, -0.05) is 30.3 Å². The molecule has 1 aromatic carbocycles. The Morgan fingerprint density at radius 1 is 1.14 bits per heavy atom. The third-order valence-corrected chi connectivity index (χ3v) is 2.34. The molecule has 0 radical (unpaired) electrons. The molecule has 2 aromatic rings. The van der Waals surface area contributed by atoms with Gasteiger partial charge in [-0.2, -0.15) is 0 Å². The van der Waals surface area contributed by atoms with Gasteiger partial charge in [0.15, 0.2) is 0 Å². The maximum Gasteiger partial charge on any atom is 0.127 e. The number of furan rings is 1. The molecule has 1 atom stereocenters. The van der Waals surface area contributed by atoms with Crippen LogP contribution in [0.5, 0.6) is 0 Å². The fourth-order valence-corrected chi connectivity index (χ4v) is 1.51. The number of hydrogen-bond acceptors (Lipinski definition) is 2. The number of hydrogen-bond donors (Lipinski definition) is 1. The van der Waals surface area contributed by atoms with E-state index in [4.69, 9.17) is 10.2 Å². The topological polar surface area (TPSA) is 39.2 Å². The van der Waals surface area contributed by atoms with Gasteiger partial charge >= 0.3 is 0 Å². The van der Waals surface area contributed by atoms with E-state index in [1.54, 1.807) is 6.26 Å². The zero-order valence-electron chi connectivity index (χ0n) is 8.10. The van der Waals surface area contributed by atoms with Crippen LogP contribution in [0.15, 0.2) is 47.1 Å². The Kier molecular flexibility index (Phi) is 2.37. The number of benzene rings is 1. The lowest BCUT2D eigenvalue weighted by molar-refractivity contribution is 0.487. The summed E-state index contributed by atoms with van der Waals surface area (Å²) in [6.07, 6.45) is 1.67. The predicted octanol–water partition coefficient (Wildman–Crippen LogP) is 2.64. The SMILES string of the molecule is Cc1ccoc1C(N)c1ccccc1. The van der Waals surface area contributed by atoms with Crippen LogP contribution in [0.25, 0.3) is 0 Å². The molecular formula is C12H13NO. The van der Waals surface area contributed by atoms with Gasteiger partial charge in [0.05, 0.1) is 12.3 Å². The summed E-state index contributed by atoms with van der Waals surface area (Å²) in [5.74, 6) is 0.844. The van der Waals surface area contributed by atoms with Crippen molar-refractivity contribution in [1.82, 2.24) is 0 Å². The van der Waals surface area contributed by atoms with Crippen LogP contribution in [-0.2, 0) is 0 Å². The van der Waals surface area contributed by atoms with Gasteiger partial charge in [0.25, 0.3) is 0 Å². The van der Waals surface area contributed by atoms with Gasteiger partial charge in [-0.25, -0.2) is 0 Å². The molecule has 0 fully saturated rings. The highest BCUT2D eigenvalue weighted by Gasteiger charge is 2.13. The molecule has 2 N–H and O–H groups in total. The summed E-state index contributed by atoms with van der Waals surface area (Å²) in [6.45, 7) is 2.00. The summed E-state index contributed by atoms with van der Waals surface area (Å²) in [6, 6.07) is 11.7. The van der Waals surface area contributed by atoms with E-state index in [0.29, 0.717) is 0 Å². The molecular weight excluding hydrogens is 174 g/mol. The predicted molar refractivity (Wildman–Crippen MR) is 55.9 cm³/mol. The maximum atomic E-state index is 6.07. The first-order chi connectivity index (χ1) is 6.79. The minimum atomic E-state index is -0.161. The van der Waals surface area contributed by atoms with Crippen LogP contribution >= 0.6 is 0 Å². The monoisotopic (exact) mass is 187 g/mol. The van der Waals surface area contributed by atoms with E-state index in [2.05, 4.69) is 0 Å². The number of aryl methyl sites for hydroxylation is 1. The molecule has 14 heavy (non-hydrogen) atoms. The normalized spacial score (nSPS) is 12.7. The van der Waals surface area contributed by atoms with E-state index in [1.807, 2.05) is 43.3 Å². The van der Waals surface area contributed by atoms with E-state index in [0.717, 1.165) is 16.9 Å². The molecule has 1 unspecified atom stereocenters. The second-order valence-corrected chi connectivity index (χ2v) is 3.36. The Morgan fingerprint density at radius 2 is 1.86 bits per heavy atom. The summed E-state index contributed by atoms with van der Waals surface area (Å²) in [5, 5.41) is 0. The first-order valence-electron chi connectivity index (χ1n) is 4.63. The molecule has 1 aromatic heterocycles. The van der Waals surface area contributed by atoms with E-state index in [9.17, 15) is 0 Å². The Morgan fingerprint density at radius 3 is 2.43 bits per heavy atom. The molecule has 0 spiro atoms. The third-order valence-electron chi connectivity index (χ3n) is 2.34. The van der Waals surface area contributed by atoms with Crippen LogP contribution in [0.3, 0.4) is 0 Å². The molecule has 2 rings (SSSR count). The quantitative estimate of drug-likeness (QED) is 0.785. The first-order valence-corrected chi connectivity index (χ1v) is 4.63. The smallest absolute Gasteiger partial charge is 0.127 e. The largest absolute Gasteiger partial charge is 0.467 e. The molecule has 0 saturated heterocycles. The van der Waals surface area contributed by atoms with Gasteiger partial charge in [-0.05, 0) is 24.1 Å². The molecule has 0 bridgehead atoms. The highest BCUT2D eigenvalue weighted by Crippen LogP contribution is 2.22. The molecule has 72 valence electrons. The Hall–Kier alpha value is -1.54. The van der Waals surface area contributed by atoms with Gasteiger partial charge in [-0.15, -0.1) is 0 Å². The molecule has 0 aliphatic rings. The van der Waals surface area contributed by atoms with Crippen LogP contribution in [0, 0.1) is 6.92 Å². The summed E-state index contributed by atoms with van der Waals surface area (Å²) in [7, 11) is 0. The Balaban J connectivity index is 2.34. The molecule has 0 saturated carbocycles. The van der Waals surface area contributed by atoms with Gasteiger partial charge in [-0.3, -0.25) is 0 Å². The fourth-order valence-electron chi connectivity index (χ4n) is 1.51. The van der Waals surface area contributed by atoms with Crippen LogP contribution in [0.4, 0.5) is 0 Å². The van der Waals surface area contributed by atoms with Crippen molar-refractivity contribution in [3.8, 4) is 0 Å². The van der Waals surface area contributed by atoms with Crippen LogP contribution in [-0.4, -0.2) is 0 Å². The van der Waals surface area contributed by atoms with E-state index in [-0.39, 0.29) is 6.04 Å². The minimum absolute atomic E-state index is 0.161. The van der Waals surface area contributed by atoms with Gasteiger partial charge < -0.3 is 10.2 Å². The van der Waals surface area contributed by atoms with Crippen LogP contribution in [0.1, 0.15) is 22.9 Å². The molecule has 0 aliphatic heterocycles. The molecule has 2 heteroatoms. The molecule has 1 heterocycles. The highest BCUT2D eigenvalue weighted by molar-refractivity contribution is 5.29. The lowest BCUT2D eigenvalue weighted by Crippen LogP contribution is -2.11. The second-order valence-electron chi connectivity index (χ2n) is 3.36. The van der Waals surface area contributed by atoms with Crippen molar-refractivity contribution < 1.29 is 4.42 Å². The molecule has 0 amide bonds. The van der Waals surface area contributed by atoms with Gasteiger partial charge in [0.2, 0.25) is 0 Å². The van der Waals surface area contributed by atoms with E-state index < -0.39 is 0 Å². The zero-order valence-corrected chi connectivity index (χ0v) is 8.10. The molecule has 0 aliphatic carbocycles. The van der Waals surface area contributed by atoms with E-state index >= 15 is 0 Å². The summed E-state index contributed by atoms with van der Waals surface area (Å²) in [5.41, 5.74) is 8.24. The van der Waals surface area contributed by atoms with Crippen molar-refractivity contribution in [2.45, 2.75) is 13.0 Å². The maximum absolute atomic E-state index is 6.07. The minimum Gasteiger partial charge on any atom is -0.467 e. The van der Waals surface area contributed by atoms with Crippen molar-refractivity contribution in [3.63, 3.8) is 0 Å². The van der Waals surface area contributed by atoms with Crippen molar-refractivity contribution in [2.24, 2.45) is 5.73 Å². The standard InChI is InChI=1S/C12H13NO/c1-9-7-8-14-12(9)11(13)10-5-3-2-4-6-10/h2-8,11H,13H2,1H3. The van der Waals surface area contributed by atoms with Crippen molar-refractivity contribution >= 4 is 0 Å². The average molecular weight is 187 g/mol. The Labute approximate surface area is 83.4 Å².